The smallest absolute Gasteiger partial charge is 0.750 e. The van der Waals surface area contributed by atoms with Crippen molar-refractivity contribution in [1.29, 1.82) is 0 Å². The van der Waals surface area contributed by atoms with Crippen LogP contribution in [0.2, 0.25) is 0 Å². The summed E-state index contributed by atoms with van der Waals surface area (Å²) in [6.07, 6.45) is 1.37. The monoisotopic (exact) mass is 254 g/mol. The van der Waals surface area contributed by atoms with Crippen LogP contribution in [0.3, 0.4) is 0 Å². The molecule has 0 aromatic heterocycles. The van der Waals surface area contributed by atoms with Crippen molar-refractivity contribution in [2.24, 2.45) is 0 Å². The third-order valence-corrected chi connectivity index (χ3v) is 1.48. The number of methoxy groups -OCH3 is 1. The van der Waals surface area contributed by atoms with E-state index in [-0.39, 0.29) is 29.6 Å². The zero-order valence-electron chi connectivity index (χ0n) is 9.08. The third kappa shape index (κ3) is 10.3. The Morgan fingerprint density at radius 2 is 1.88 bits per heavy atom. The SMILES string of the molecule is COc1ccc(CC=O)cc1.O=S([O-])O.[Na+]. The Morgan fingerprint density at radius 1 is 1.44 bits per heavy atom. The molecule has 0 amide bonds. The van der Waals surface area contributed by atoms with E-state index in [0.29, 0.717) is 6.42 Å². The summed E-state index contributed by atoms with van der Waals surface area (Å²) in [6.45, 7) is 0. The minimum absolute atomic E-state index is 0. The molecule has 0 saturated carbocycles. The number of carbonyl (C=O) groups excluding carboxylic acids is 1. The maximum Gasteiger partial charge on any atom is 1.00 e. The van der Waals surface area contributed by atoms with E-state index in [0.717, 1.165) is 17.6 Å². The minimum Gasteiger partial charge on any atom is -0.750 e. The zero-order chi connectivity index (χ0) is 11.7. The third-order valence-electron chi connectivity index (χ3n) is 1.48. The molecule has 16 heavy (non-hydrogen) atoms. The van der Waals surface area contributed by atoms with Gasteiger partial charge in [-0.25, -0.2) is 4.21 Å². The Kier molecular flexibility index (Phi) is 12.8. The van der Waals surface area contributed by atoms with E-state index in [9.17, 15) is 4.79 Å². The van der Waals surface area contributed by atoms with Crippen molar-refractivity contribution in [3.63, 3.8) is 0 Å². The first kappa shape index (κ1) is 18.1. The molecule has 0 aliphatic carbocycles. The van der Waals surface area contributed by atoms with Crippen LogP contribution in [-0.4, -0.2) is 26.7 Å². The van der Waals surface area contributed by atoms with Gasteiger partial charge in [0.2, 0.25) is 0 Å². The van der Waals surface area contributed by atoms with Gasteiger partial charge in [-0.3, -0.25) is 0 Å². The van der Waals surface area contributed by atoms with Gasteiger partial charge in [0.05, 0.1) is 18.5 Å². The minimum atomic E-state index is -2.86. The first-order chi connectivity index (χ1) is 7.10. The van der Waals surface area contributed by atoms with Crippen molar-refractivity contribution < 1.29 is 52.4 Å². The van der Waals surface area contributed by atoms with Crippen LogP contribution in [0.5, 0.6) is 5.75 Å². The number of rotatable bonds is 3. The van der Waals surface area contributed by atoms with E-state index in [1.165, 1.54) is 0 Å². The summed E-state index contributed by atoms with van der Waals surface area (Å²) in [6, 6.07) is 7.46. The fraction of sp³-hybridized carbons (Fsp3) is 0.222. The van der Waals surface area contributed by atoms with E-state index in [1.807, 2.05) is 24.3 Å². The van der Waals surface area contributed by atoms with E-state index >= 15 is 0 Å². The Bertz CT molecular complexity index is 310. The van der Waals surface area contributed by atoms with Crippen LogP contribution in [-0.2, 0) is 22.6 Å². The number of carbonyl (C=O) groups is 1. The Labute approximate surface area is 119 Å². The van der Waals surface area contributed by atoms with Crippen LogP contribution >= 0.6 is 0 Å². The maximum atomic E-state index is 10.1. The number of ether oxygens (including phenoxy) is 1. The molecule has 0 radical (unpaired) electrons. The second kappa shape index (κ2) is 11.3. The second-order valence-electron chi connectivity index (χ2n) is 2.44. The quantitative estimate of drug-likeness (QED) is 0.375. The predicted octanol–water partition coefficient (Wildman–Crippen LogP) is -2.22. The first-order valence-corrected chi connectivity index (χ1v) is 4.98. The molecule has 0 aliphatic rings. The van der Waals surface area contributed by atoms with Gasteiger partial charge in [-0.1, -0.05) is 12.1 Å². The topological polar surface area (TPSA) is 86.7 Å². The van der Waals surface area contributed by atoms with Crippen molar-refractivity contribution in [2.45, 2.75) is 6.42 Å². The van der Waals surface area contributed by atoms with Crippen molar-refractivity contribution in [3.05, 3.63) is 29.8 Å². The van der Waals surface area contributed by atoms with E-state index in [2.05, 4.69) is 0 Å². The molecule has 0 saturated heterocycles. The summed E-state index contributed by atoms with van der Waals surface area (Å²) in [5.41, 5.74) is 1.01. The van der Waals surface area contributed by atoms with Crippen LogP contribution < -0.4 is 34.3 Å². The van der Waals surface area contributed by atoms with Gasteiger partial charge in [-0.05, 0) is 17.7 Å². The molecular formula is C9H11NaO5S. The molecule has 5 nitrogen and oxygen atoms in total. The summed E-state index contributed by atoms with van der Waals surface area (Å²) in [7, 11) is 1.62. The molecule has 1 N–H and O–H groups in total. The summed E-state index contributed by atoms with van der Waals surface area (Å²) in [5, 5.41) is 0. The van der Waals surface area contributed by atoms with Gasteiger partial charge in [-0.2, -0.15) is 0 Å². The normalized spacial score (nSPS) is 10.2. The van der Waals surface area contributed by atoms with Gasteiger partial charge in [-0.15, -0.1) is 0 Å². The van der Waals surface area contributed by atoms with Gasteiger partial charge in [0.25, 0.3) is 0 Å². The maximum absolute atomic E-state index is 10.1. The predicted molar refractivity (Wildman–Crippen MR) is 54.3 cm³/mol. The van der Waals surface area contributed by atoms with Gasteiger partial charge in [0, 0.05) is 6.42 Å². The number of benzene rings is 1. The molecule has 0 fully saturated rings. The summed E-state index contributed by atoms with van der Waals surface area (Å²) in [4.78, 5) is 10.1. The van der Waals surface area contributed by atoms with E-state index in [1.54, 1.807) is 7.11 Å². The van der Waals surface area contributed by atoms with Gasteiger partial charge in [0.1, 0.15) is 12.0 Å². The van der Waals surface area contributed by atoms with Gasteiger partial charge in [0.15, 0.2) is 0 Å². The molecule has 1 aromatic carbocycles. The molecule has 0 aliphatic heterocycles. The van der Waals surface area contributed by atoms with Crippen LogP contribution in [0.25, 0.3) is 0 Å². The van der Waals surface area contributed by atoms with Crippen molar-refractivity contribution in [2.75, 3.05) is 7.11 Å². The number of hydrogen-bond donors (Lipinski definition) is 1. The van der Waals surface area contributed by atoms with Crippen molar-refractivity contribution in [3.8, 4) is 5.75 Å². The molecule has 7 heteroatoms. The van der Waals surface area contributed by atoms with Gasteiger partial charge >= 0.3 is 29.6 Å². The fourth-order valence-corrected chi connectivity index (χ4v) is 0.858. The Balaban J connectivity index is 0. The molecule has 1 atom stereocenters. The summed E-state index contributed by atoms with van der Waals surface area (Å²) in [5.74, 6) is 0.819. The molecule has 0 spiro atoms. The second-order valence-corrected chi connectivity index (χ2v) is 2.87. The molecule has 84 valence electrons. The van der Waals surface area contributed by atoms with Crippen LogP contribution in [0, 0.1) is 0 Å². The van der Waals surface area contributed by atoms with Crippen molar-refractivity contribution in [1.82, 2.24) is 0 Å². The largest absolute Gasteiger partial charge is 1.00 e. The molecule has 0 bridgehead atoms. The van der Waals surface area contributed by atoms with Crippen molar-refractivity contribution >= 4 is 17.6 Å². The first-order valence-electron chi connectivity index (χ1n) is 3.95. The zero-order valence-corrected chi connectivity index (χ0v) is 11.9. The summed E-state index contributed by atoms with van der Waals surface area (Å²) >= 11 is -2.86. The standard InChI is InChI=1S/C9H10O2.Na.H2O3S/c1-11-9-4-2-8(3-5-9)6-7-10;;1-4(2)3/h2-5,7H,6H2,1H3;;(H2,1,2,3)/q;+1;/p-1. The molecule has 1 rings (SSSR count). The Morgan fingerprint density at radius 3 is 2.19 bits per heavy atom. The molecule has 1 unspecified atom stereocenters. The average Bonchev–Trinajstić information content (AvgIpc) is 2.19. The molecule has 0 heterocycles. The van der Waals surface area contributed by atoms with Crippen LogP contribution in [0.4, 0.5) is 0 Å². The van der Waals surface area contributed by atoms with Crippen LogP contribution in [0.15, 0.2) is 24.3 Å². The fourth-order valence-electron chi connectivity index (χ4n) is 0.858. The van der Waals surface area contributed by atoms with Crippen LogP contribution in [0.1, 0.15) is 5.56 Å². The average molecular weight is 254 g/mol. The Hall–Kier alpha value is -0.240. The van der Waals surface area contributed by atoms with E-state index in [4.69, 9.17) is 18.1 Å². The number of hydrogen-bond acceptors (Lipinski definition) is 4. The molecular weight excluding hydrogens is 243 g/mol. The summed E-state index contributed by atoms with van der Waals surface area (Å²) < 4.78 is 29.0. The van der Waals surface area contributed by atoms with E-state index < -0.39 is 11.4 Å². The van der Waals surface area contributed by atoms with Gasteiger partial charge < -0.3 is 18.6 Å². The molecule has 1 aromatic rings. The number of aldehydes is 1.